The van der Waals surface area contributed by atoms with E-state index in [4.69, 9.17) is 5.73 Å². The zero-order valence-corrected chi connectivity index (χ0v) is 17.6. The predicted octanol–water partition coefficient (Wildman–Crippen LogP) is 1.51. The van der Waals surface area contributed by atoms with Crippen molar-refractivity contribution in [3.8, 4) is 0 Å². The maximum Gasteiger partial charge on any atom is 0.241 e. The average Bonchev–Trinajstić information content (AvgIpc) is 2.56. The van der Waals surface area contributed by atoms with Crippen molar-refractivity contribution in [3.63, 3.8) is 0 Å². The van der Waals surface area contributed by atoms with Crippen LogP contribution in [0.3, 0.4) is 0 Å². The normalized spacial score (nSPS) is 16.2. The van der Waals surface area contributed by atoms with Gasteiger partial charge < -0.3 is 20.9 Å². The van der Waals surface area contributed by atoms with Crippen molar-refractivity contribution in [2.75, 3.05) is 39.3 Å². The van der Waals surface area contributed by atoms with Crippen molar-refractivity contribution >= 4 is 36.6 Å². The highest BCUT2D eigenvalue weighted by atomic mass is 35.5. The lowest BCUT2D eigenvalue weighted by Crippen LogP contribution is -2.49. The zero-order chi connectivity index (χ0) is 17.4. The highest BCUT2D eigenvalue weighted by Crippen LogP contribution is 2.18. The molecular weight excluding hydrogens is 363 g/mol. The van der Waals surface area contributed by atoms with Gasteiger partial charge in [0.05, 0.1) is 12.6 Å². The van der Waals surface area contributed by atoms with Crippen molar-refractivity contribution in [2.45, 2.75) is 46.6 Å². The number of nitrogens with zero attached hydrogens (tertiary/aromatic N) is 2. The largest absolute Gasteiger partial charge is 0.346 e. The second kappa shape index (κ2) is 13.6. The summed E-state index contributed by atoms with van der Waals surface area (Å²) in [5.74, 6) is 0.490. The van der Waals surface area contributed by atoms with Crippen LogP contribution in [-0.2, 0) is 9.59 Å². The number of halogens is 2. The van der Waals surface area contributed by atoms with Gasteiger partial charge in [0.1, 0.15) is 0 Å². The Morgan fingerprint density at radius 3 is 2.12 bits per heavy atom. The minimum atomic E-state index is -0.553. The van der Waals surface area contributed by atoms with Gasteiger partial charge in [-0.3, -0.25) is 9.59 Å². The minimum absolute atomic E-state index is 0. The van der Waals surface area contributed by atoms with E-state index in [-0.39, 0.29) is 49.1 Å². The first-order chi connectivity index (χ1) is 10.9. The number of carbonyl (C=O) groups excluding carboxylic acids is 2. The number of piperidine rings is 1. The van der Waals surface area contributed by atoms with Crippen LogP contribution in [0.25, 0.3) is 0 Å². The Hall–Kier alpha value is -0.560. The Balaban J connectivity index is 0. The molecule has 1 fully saturated rings. The maximum absolute atomic E-state index is 12.2. The minimum Gasteiger partial charge on any atom is -0.346 e. The number of nitrogens with one attached hydrogen (secondary N) is 1. The number of rotatable bonds is 8. The Labute approximate surface area is 165 Å². The first-order valence-electron chi connectivity index (χ1n) is 8.92. The first kappa shape index (κ1) is 26.7. The SMILES string of the molecule is CCN(CC)CC1CCN(C(=O)CNC(=O)[C@@H](N)C(C)C)CC1.Cl.Cl. The van der Waals surface area contributed by atoms with E-state index in [1.54, 1.807) is 0 Å². The van der Waals surface area contributed by atoms with E-state index in [9.17, 15) is 9.59 Å². The summed E-state index contributed by atoms with van der Waals surface area (Å²) in [6.07, 6.45) is 2.09. The molecule has 1 atom stereocenters. The van der Waals surface area contributed by atoms with Crippen LogP contribution in [0.15, 0.2) is 0 Å². The molecule has 0 aromatic rings. The Kier molecular flexibility index (Phi) is 14.5. The average molecular weight is 399 g/mol. The fourth-order valence-electron chi connectivity index (χ4n) is 2.91. The van der Waals surface area contributed by atoms with Crippen LogP contribution in [-0.4, -0.2) is 66.9 Å². The Morgan fingerprint density at radius 2 is 1.68 bits per heavy atom. The molecule has 1 rings (SSSR count). The van der Waals surface area contributed by atoms with Crippen molar-refractivity contribution in [1.82, 2.24) is 15.1 Å². The third-order valence-corrected chi connectivity index (χ3v) is 4.81. The maximum atomic E-state index is 12.2. The molecule has 1 heterocycles. The molecule has 6 nitrogen and oxygen atoms in total. The third-order valence-electron chi connectivity index (χ3n) is 4.81. The summed E-state index contributed by atoms with van der Waals surface area (Å²) in [4.78, 5) is 28.3. The van der Waals surface area contributed by atoms with Gasteiger partial charge in [-0.05, 0) is 37.8 Å². The van der Waals surface area contributed by atoms with Crippen LogP contribution in [0.4, 0.5) is 0 Å². The van der Waals surface area contributed by atoms with Crippen LogP contribution >= 0.6 is 24.8 Å². The molecule has 1 aliphatic heterocycles. The monoisotopic (exact) mass is 398 g/mol. The van der Waals surface area contributed by atoms with E-state index in [1.165, 1.54) is 0 Å². The number of likely N-dealkylation sites (tertiary alicyclic amines) is 1. The number of carbonyl (C=O) groups is 2. The molecule has 0 unspecified atom stereocenters. The van der Waals surface area contributed by atoms with Crippen LogP contribution in [0.1, 0.15) is 40.5 Å². The van der Waals surface area contributed by atoms with Crippen molar-refractivity contribution in [2.24, 2.45) is 17.6 Å². The molecule has 150 valence electrons. The van der Waals surface area contributed by atoms with Gasteiger partial charge in [0.15, 0.2) is 0 Å². The molecule has 0 radical (unpaired) electrons. The van der Waals surface area contributed by atoms with E-state index in [0.717, 1.165) is 45.6 Å². The van der Waals surface area contributed by atoms with E-state index < -0.39 is 6.04 Å². The van der Waals surface area contributed by atoms with Crippen molar-refractivity contribution in [3.05, 3.63) is 0 Å². The highest BCUT2D eigenvalue weighted by molar-refractivity contribution is 5.87. The number of hydrogen-bond acceptors (Lipinski definition) is 4. The van der Waals surface area contributed by atoms with Crippen LogP contribution in [0, 0.1) is 11.8 Å². The highest BCUT2D eigenvalue weighted by Gasteiger charge is 2.24. The van der Waals surface area contributed by atoms with Crippen LogP contribution < -0.4 is 11.1 Å². The van der Waals surface area contributed by atoms with Gasteiger partial charge in [-0.25, -0.2) is 0 Å². The third kappa shape index (κ3) is 9.08. The molecule has 0 spiro atoms. The van der Waals surface area contributed by atoms with Gasteiger partial charge >= 0.3 is 0 Å². The molecular formula is C17H36Cl2N4O2. The van der Waals surface area contributed by atoms with Crippen molar-refractivity contribution in [1.29, 1.82) is 0 Å². The lowest BCUT2D eigenvalue weighted by molar-refractivity contribution is -0.134. The van der Waals surface area contributed by atoms with E-state index >= 15 is 0 Å². The molecule has 1 aliphatic rings. The fraction of sp³-hybridized carbons (Fsp3) is 0.882. The molecule has 0 saturated carbocycles. The van der Waals surface area contributed by atoms with Gasteiger partial charge in [0.2, 0.25) is 11.8 Å². The fourth-order valence-corrected chi connectivity index (χ4v) is 2.91. The second-order valence-electron chi connectivity index (χ2n) is 6.80. The van der Waals surface area contributed by atoms with E-state index in [2.05, 4.69) is 24.1 Å². The summed E-state index contributed by atoms with van der Waals surface area (Å²) in [7, 11) is 0. The summed E-state index contributed by atoms with van der Waals surface area (Å²) < 4.78 is 0. The van der Waals surface area contributed by atoms with Gasteiger partial charge in [0, 0.05) is 19.6 Å². The summed E-state index contributed by atoms with van der Waals surface area (Å²) >= 11 is 0. The van der Waals surface area contributed by atoms with Gasteiger partial charge in [0.25, 0.3) is 0 Å². The summed E-state index contributed by atoms with van der Waals surface area (Å²) in [6, 6.07) is -0.553. The summed E-state index contributed by atoms with van der Waals surface area (Å²) in [5, 5.41) is 2.66. The molecule has 25 heavy (non-hydrogen) atoms. The molecule has 2 amide bonds. The first-order valence-corrected chi connectivity index (χ1v) is 8.92. The Bertz CT molecular complexity index is 385. The van der Waals surface area contributed by atoms with Gasteiger partial charge in [-0.15, -0.1) is 24.8 Å². The number of nitrogens with two attached hydrogens (primary N) is 1. The molecule has 0 aliphatic carbocycles. The smallest absolute Gasteiger partial charge is 0.241 e. The quantitative estimate of drug-likeness (QED) is 0.649. The molecule has 3 N–H and O–H groups in total. The summed E-state index contributed by atoms with van der Waals surface area (Å²) in [6.45, 7) is 13.1. The lowest BCUT2D eigenvalue weighted by atomic mass is 9.96. The van der Waals surface area contributed by atoms with Crippen LogP contribution in [0.2, 0.25) is 0 Å². The molecule has 8 heteroatoms. The predicted molar refractivity (Wildman–Crippen MR) is 107 cm³/mol. The van der Waals surface area contributed by atoms with Crippen molar-refractivity contribution < 1.29 is 9.59 Å². The lowest BCUT2D eigenvalue weighted by Gasteiger charge is -2.34. The topological polar surface area (TPSA) is 78.7 Å². The molecule has 0 aromatic heterocycles. The standard InChI is InChI=1S/C17H34N4O2.2ClH/c1-5-20(6-2)12-14-7-9-21(10-8-14)15(22)11-19-17(23)16(18)13(3)4;;/h13-14,16H,5-12,18H2,1-4H3,(H,19,23);2*1H/t16-;;/m0../s1. The Morgan fingerprint density at radius 1 is 1.16 bits per heavy atom. The number of amides is 2. The molecule has 0 aromatic carbocycles. The van der Waals surface area contributed by atoms with Gasteiger partial charge in [-0.2, -0.15) is 0 Å². The number of hydrogen-bond donors (Lipinski definition) is 2. The zero-order valence-electron chi connectivity index (χ0n) is 16.0. The molecule has 1 saturated heterocycles. The van der Waals surface area contributed by atoms with E-state index in [0.29, 0.717) is 5.92 Å². The molecule has 0 bridgehead atoms. The van der Waals surface area contributed by atoms with Crippen LogP contribution in [0.5, 0.6) is 0 Å². The summed E-state index contributed by atoms with van der Waals surface area (Å²) in [5.41, 5.74) is 5.77. The second-order valence-corrected chi connectivity index (χ2v) is 6.80. The van der Waals surface area contributed by atoms with Gasteiger partial charge in [-0.1, -0.05) is 27.7 Å². The van der Waals surface area contributed by atoms with E-state index in [1.807, 2.05) is 18.7 Å².